The summed E-state index contributed by atoms with van der Waals surface area (Å²) in [5, 5.41) is 12.1. The molecule has 0 aliphatic carbocycles. The number of nitrogens with zero attached hydrogens (tertiary/aromatic N) is 6. The van der Waals surface area contributed by atoms with Gasteiger partial charge in [0.1, 0.15) is 11.5 Å². The Hall–Kier alpha value is -3.02. The second-order valence-electron chi connectivity index (χ2n) is 7.52. The lowest BCUT2D eigenvalue weighted by Crippen LogP contribution is -2.48. The molecule has 0 bridgehead atoms. The predicted octanol–water partition coefficient (Wildman–Crippen LogP) is 1.49. The van der Waals surface area contributed by atoms with Crippen molar-refractivity contribution in [3.05, 3.63) is 53.9 Å². The van der Waals surface area contributed by atoms with Crippen LogP contribution in [0.25, 0.3) is 5.69 Å². The highest BCUT2D eigenvalue weighted by atomic mass is 32.2. The topological polar surface area (TPSA) is 103 Å². The van der Waals surface area contributed by atoms with Crippen molar-refractivity contribution >= 4 is 10.0 Å². The third kappa shape index (κ3) is 4.45. The number of methoxy groups -OCH3 is 2. The molecule has 10 nitrogen and oxygen atoms in total. The first kappa shape index (κ1) is 22.2. The van der Waals surface area contributed by atoms with Crippen LogP contribution in [0.5, 0.6) is 11.5 Å². The molecule has 2 aromatic carbocycles. The van der Waals surface area contributed by atoms with Gasteiger partial charge in [-0.3, -0.25) is 4.90 Å². The number of rotatable bonds is 7. The molecule has 3 aromatic rings. The van der Waals surface area contributed by atoms with E-state index in [1.807, 2.05) is 31.2 Å². The molecule has 32 heavy (non-hydrogen) atoms. The number of tetrazole rings is 1. The highest BCUT2D eigenvalue weighted by Gasteiger charge is 2.29. The van der Waals surface area contributed by atoms with Crippen LogP contribution in [0.2, 0.25) is 0 Å². The summed E-state index contributed by atoms with van der Waals surface area (Å²) in [7, 11) is -0.371. The van der Waals surface area contributed by atoms with Crippen LogP contribution < -0.4 is 9.47 Å². The summed E-state index contributed by atoms with van der Waals surface area (Å²) in [5.41, 5.74) is 1.62. The molecule has 0 atom stereocenters. The van der Waals surface area contributed by atoms with Gasteiger partial charge < -0.3 is 9.47 Å². The monoisotopic (exact) mass is 458 g/mol. The van der Waals surface area contributed by atoms with E-state index in [9.17, 15) is 8.42 Å². The van der Waals surface area contributed by atoms with Crippen molar-refractivity contribution < 1.29 is 17.9 Å². The number of sulfonamides is 1. The van der Waals surface area contributed by atoms with Crippen molar-refractivity contribution in [3.8, 4) is 17.2 Å². The molecule has 1 fully saturated rings. The maximum Gasteiger partial charge on any atom is 0.243 e. The Balaban J connectivity index is 1.41. The van der Waals surface area contributed by atoms with Gasteiger partial charge in [-0.2, -0.15) is 8.99 Å². The average Bonchev–Trinajstić information content (AvgIpc) is 3.27. The smallest absolute Gasteiger partial charge is 0.243 e. The van der Waals surface area contributed by atoms with E-state index in [1.54, 1.807) is 37.1 Å². The van der Waals surface area contributed by atoms with Gasteiger partial charge in [0.05, 0.1) is 31.3 Å². The van der Waals surface area contributed by atoms with Crippen LogP contribution in [0.3, 0.4) is 0 Å². The van der Waals surface area contributed by atoms with Crippen LogP contribution in [0.15, 0.2) is 47.4 Å². The lowest BCUT2D eigenvalue weighted by molar-refractivity contribution is 0.177. The molecule has 1 aliphatic rings. The molecule has 11 heteroatoms. The summed E-state index contributed by atoms with van der Waals surface area (Å²) in [4.78, 5) is 2.43. The van der Waals surface area contributed by atoms with Crippen LogP contribution >= 0.6 is 0 Å². The van der Waals surface area contributed by atoms with Gasteiger partial charge in [0.25, 0.3) is 0 Å². The number of aromatic nitrogens is 4. The van der Waals surface area contributed by atoms with E-state index in [2.05, 4.69) is 20.4 Å². The summed E-state index contributed by atoms with van der Waals surface area (Å²) >= 11 is 0. The van der Waals surface area contributed by atoms with Crippen LogP contribution in [-0.4, -0.2) is 78.2 Å². The minimum atomic E-state index is -3.56. The first-order valence-electron chi connectivity index (χ1n) is 10.2. The van der Waals surface area contributed by atoms with Gasteiger partial charge in [-0.25, -0.2) is 8.42 Å². The van der Waals surface area contributed by atoms with Gasteiger partial charge in [-0.15, -0.1) is 5.10 Å². The fraction of sp³-hybridized carbons (Fsp3) is 0.381. The van der Waals surface area contributed by atoms with E-state index >= 15 is 0 Å². The fourth-order valence-corrected chi connectivity index (χ4v) is 5.22. The molecule has 2 heterocycles. The molecular weight excluding hydrogens is 432 g/mol. The van der Waals surface area contributed by atoms with Gasteiger partial charge in [0.2, 0.25) is 10.0 Å². The zero-order valence-electron chi connectivity index (χ0n) is 18.3. The second-order valence-corrected chi connectivity index (χ2v) is 9.45. The molecule has 0 spiro atoms. The lowest BCUT2D eigenvalue weighted by atomic mass is 10.2. The standard InChI is InChI=1S/C21H26N6O4S/c1-16-14-19(8-9-20(16)31-3)32(28,29)26-12-10-25(11-13-26)15-21-22-23-24-27(21)17-4-6-18(30-2)7-5-17/h4-9,14H,10-13,15H2,1-3H3. The van der Waals surface area contributed by atoms with E-state index in [0.717, 1.165) is 17.0 Å². The second kappa shape index (κ2) is 9.23. The SMILES string of the molecule is COc1ccc(-n2nnnc2CN2CCN(S(=O)(=O)c3ccc(OC)c(C)c3)CC2)cc1. The van der Waals surface area contributed by atoms with Crippen molar-refractivity contribution in [1.82, 2.24) is 29.4 Å². The van der Waals surface area contributed by atoms with Gasteiger partial charge in [0.15, 0.2) is 5.82 Å². The van der Waals surface area contributed by atoms with Gasteiger partial charge >= 0.3 is 0 Å². The number of aryl methyl sites for hydroxylation is 1. The molecule has 4 rings (SSSR count). The van der Waals surface area contributed by atoms with Gasteiger partial charge in [0, 0.05) is 26.2 Å². The summed E-state index contributed by atoms with van der Waals surface area (Å²) in [5.74, 6) is 2.12. The predicted molar refractivity (Wildman–Crippen MR) is 117 cm³/mol. The maximum atomic E-state index is 13.1. The summed E-state index contributed by atoms with van der Waals surface area (Å²) in [6, 6.07) is 12.4. The molecule has 1 aromatic heterocycles. The highest BCUT2D eigenvalue weighted by molar-refractivity contribution is 7.89. The molecular formula is C21H26N6O4S. The third-order valence-electron chi connectivity index (χ3n) is 5.55. The Labute approximate surface area is 187 Å². The molecule has 0 N–H and O–H groups in total. The quantitative estimate of drug-likeness (QED) is 0.525. The fourth-order valence-electron chi connectivity index (χ4n) is 3.72. The molecule has 0 saturated carbocycles. The molecule has 1 saturated heterocycles. The first-order valence-corrected chi connectivity index (χ1v) is 11.6. The van der Waals surface area contributed by atoms with Crippen LogP contribution in [0.1, 0.15) is 11.4 Å². The zero-order chi connectivity index (χ0) is 22.7. The maximum absolute atomic E-state index is 13.1. The number of benzene rings is 2. The van der Waals surface area contributed by atoms with Gasteiger partial charge in [-0.05, 0) is 65.4 Å². The molecule has 0 radical (unpaired) electrons. The average molecular weight is 459 g/mol. The Kier molecular flexibility index (Phi) is 6.40. The Morgan fingerprint density at radius 2 is 1.69 bits per heavy atom. The molecule has 170 valence electrons. The molecule has 0 unspecified atom stereocenters. The van der Waals surface area contributed by atoms with Crippen molar-refractivity contribution in [1.29, 1.82) is 0 Å². The number of hydrogen-bond acceptors (Lipinski definition) is 8. The summed E-state index contributed by atoms with van der Waals surface area (Å²) in [6.45, 7) is 4.33. The normalized spacial score (nSPS) is 15.6. The van der Waals surface area contributed by atoms with Crippen molar-refractivity contribution in [2.45, 2.75) is 18.4 Å². The zero-order valence-corrected chi connectivity index (χ0v) is 19.1. The highest BCUT2D eigenvalue weighted by Crippen LogP contribution is 2.24. The van der Waals surface area contributed by atoms with E-state index < -0.39 is 10.0 Å². The Morgan fingerprint density at radius 3 is 2.31 bits per heavy atom. The van der Waals surface area contributed by atoms with Gasteiger partial charge in [-0.1, -0.05) is 0 Å². The van der Waals surface area contributed by atoms with Crippen LogP contribution in [0, 0.1) is 6.92 Å². The summed E-state index contributed by atoms with van der Waals surface area (Å²) in [6.07, 6.45) is 0. The largest absolute Gasteiger partial charge is 0.497 e. The van der Waals surface area contributed by atoms with Crippen molar-refractivity contribution in [2.24, 2.45) is 0 Å². The van der Waals surface area contributed by atoms with Crippen LogP contribution in [-0.2, 0) is 16.6 Å². The first-order chi connectivity index (χ1) is 15.4. The van der Waals surface area contributed by atoms with E-state index in [4.69, 9.17) is 9.47 Å². The molecule has 0 amide bonds. The van der Waals surface area contributed by atoms with Crippen LogP contribution in [0.4, 0.5) is 0 Å². The number of piperazine rings is 1. The minimum Gasteiger partial charge on any atom is -0.497 e. The Morgan fingerprint density at radius 1 is 0.969 bits per heavy atom. The van der Waals surface area contributed by atoms with E-state index in [-0.39, 0.29) is 4.90 Å². The third-order valence-corrected chi connectivity index (χ3v) is 7.45. The van der Waals surface area contributed by atoms with E-state index in [0.29, 0.717) is 44.3 Å². The minimum absolute atomic E-state index is 0.285. The number of hydrogen-bond donors (Lipinski definition) is 0. The number of ether oxygens (including phenoxy) is 2. The lowest BCUT2D eigenvalue weighted by Gasteiger charge is -2.33. The van der Waals surface area contributed by atoms with Crippen molar-refractivity contribution in [3.63, 3.8) is 0 Å². The summed E-state index contributed by atoms with van der Waals surface area (Å²) < 4.78 is 39.8. The van der Waals surface area contributed by atoms with Crippen molar-refractivity contribution in [2.75, 3.05) is 40.4 Å². The Bertz CT molecular complexity index is 1170. The van der Waals surface area contributed by atoms with E-state index in [1.165, 1.54) is 4.31 Å². The molecule has 1 aliphatic heterocycles.